The van der Waals surface area contributed by atoms with Crippen molar-refractivity contribution in [3.63, 3.8) is 0 Å². The average molecular weight is 328 g/mol. The van der Waals surface area contributed by atoms with Crippen molar-refractivity contribution in [2.45, 2.75) is 39.9 Å². The smallest absolute Gasteiger partial charge is 0.306 e. The minimum absolute atomic E-state index is 0.119. The van der Waals surface area contributed by atoms with E-state index in [4.69, 9.17) is 9.47 Å². The first-order chi connectivity index (χ1) is 11.6. The number of ether oxygens (including phenoxy) is 2. The number of hydrogen-bond acceptors (Lipinski definition) is 4. The molecule has 128 valence electrons. The standard InChI is InChI=1S/C11H14O2.C9H10O2/c1-2-6-11(12)13-9-10-7-4-3-5-8-10;1-8(10)11-7-9-5-3-2-4-6-9/h3-5,7-8H,2,6,9H2,1H3;2-6H,7H2,1H3. The molecule has 0 N–H and O–H groups in total. The van der Waals surface area contributed by atoms with Crippen LogP contribution in [0.4, 0.5) is 0 Å². The van der Waals surface area contributed by atoms with Gasteiger partial charge < -0.3 is 9.47 Å². The monoisotopic (exact) mass is 328 g/mol. The number of hydrogen-bond donors (Lipinski definition) is 0. The highest BCUT2D eigenvalue weighted by molar-refractivity contribution is 5.69. The zero-order valence-corrected chi connectivity index (χ0v) is 14.2. The van der Waals surface area contributed by atoms with Crippen LogP contribution in [-0.2, 0) is 32.3 Å². The quantitative estimate of drug-likeness (QED) is 0.743. The van der Waals surface area contributed by atoms with E-state index in [9.17, 15) is 9.59 Å². The molecule has 0 atom stereocenters. The van der Waals surface area contributed by atoms with Gasteiger partial charge in [-0.05, 0) is 17.5 Å². The van der Waals surface area contributed by atoms with Gasteiger partial charge in [0.2, 0.25) is 0 Å². The van der Waals surface area contributed by atoms with Gasteiger partial charge in [-0.15, -0.1) is 0 Å². The van der Waals surface area contributed by atoms with E-state index in [0.29, 0.717) is 19.6 Å². The lowest BCUT2D eigenvalue weighted by molar-refractivity contribution is -0.145. The second kappa shape index (κ2) is 11.9. The summed E-state index contributed by atoms with van der Waals surface area (Å²) in [6.07, 6.45) is 1.35. The first kappa shape index (κ1) is 19.4. The van der Waals surface area contributed by atoms with E-state index in [2.05, 4.69) is 0 Å². The Balaban J connectivity index is 0.000000243. The molecule has 0 saturated heterocycles. The van der Waals surface area contributed by atoms with Gasteiger partial charge in [-0.1, -0.05) is 67.6 Å². The van der Waals surface area contributed by atoms with Crippen LogP contribution in [-0.4, -0.2) is 11.9 Å². The van der Waals surface area contributed by atoms with Crippen molar-refractivity contribution < 1.29 is 19.1 Å². The third kappa shape index (κ3) is 9.41. The zero-order chi connectivity index (χ0) is 17.6. The zero-order valence-electron chi connectivity index (χ0n) is 14.2. The molecule has 24 heavy (non-hydrogen) atoms. The molecule has 0 aromatic heterocycles. The van der Waals surface area contributed by atoms with Gasteiger partial charge in [0.25, 0.3) is 0 Å². The third-order valence-electron chi connectivity index (χ3n) is 2.98. The highest BCUT2D eigenvalue weighted by Gasteiger charge is 2.00. The summed E-state index contributed by atoms with van der Waals surface area (Å²) in [6.45, 7) is 4.13. The second-order valence-corrected chi connectivity index (χ2v) is 5.16. The van der Waals surface area contributed by atoms with Crippen molar-refractivity contribution in [3.8, 4) is 0 Å². The molecule has 0 amide bonds. The molecule has 0 aliphatic carbocycles. The van der Waals surface area contributed by atoms with Gasteiger partial charge in [0.1, 0.15) is 13.2 Å². The lowest BCUT2D eigenvalue weighted by atomic mass is 10.2. The number of carbonyl (C=O) groups is 2. The Hall–Kier alpha value is -2.62. The Morgan fingerprint density at radius 1 is 0.792 bits per heavy atom. The Bertz CT molecular complexity index is 594. The molecule has 0 aliphatic rings. The van der Waals surface area contributed by atoms with E-state index in [-0.39, 0.29) is 11.9 Å². The van der Waals surface area contributed by atoms with E-state index >= 15 is 0 Å². The molecule has 2 aromatic carbocycles. The molecule has 0 unspecified atom stereocenters. The molecule has 4 nitrogen and oxygen atoms in total. The van der Waals surface area contributed by atoms with Crippen LogP contribution in [0.2, 0.25) is 0 Å². The molecule has 0 spiro atoms. The van der Waals surface area contributed by atoms with Crippen LogP contribution in [0.3, 0.4) is 0 Å². The number of esters is 2. The second-order valence-electron chi connectivity index (χ2n) is 5.16. The Labute approximate surface area is 143 Å². The van der Waals surface area contributed by atoms with Crippen molar-refractivity contribution in [2.75, 3.05) is 0 Å². The summed E-state index contributed by atoms with van der Waals surface area (Å²) >= 11 is 0. The fourth-order valence-corrected chi connectivity index (χ4v) is 1.77. The van der Waals surface area contributed by atoms with E-state index in [1.54, 1.807) is 0 Å². The molecule has 4 heteroatoms. The van der Waals surface area contributed by atoms with Gasteiger partial charge in [0.05, 0.1) is 0 Å². The van der Waals surface area contributed by atoms with E-state index < -0.39 is 0 Å². The van der Waals surface area contributed by atoms with Crippen LogP contribution in [0.15, 0.2) is 60.7 Å². The lowest BCUT2D eigenvalue weighted by Gasteiger charge is -2.02. The topological polar surface area (TPSA) is 52.6 Å². The molecule has 0 fully saturated rings. The normalized spacial score (nSPS) is 9.42. The average Bonchev–Trinajstić information content (AvgIpc) is 2.61. The van der Waals surface area contributed by atoms with E-state index in [1.807, 2.05) is 67.6 Å². The fraction of sp³-hybridized carbons (Fsp3) is 0.300. The lowest BCUT2D eigenvalue weighted by Crippen LogP contribution is -2.03. The first-order valence-corrected chi connectivity index (χ1v) is 7.98. The number of carbonyl (C=O) groups excluding carboxylic acids is 2. The molecule has 2 aromatic rings. The molecule has 0 radical (unpaired) electrons. The predicted molar refractivity (Wildman–Crippen MR) is 93.1 cm³/mol. The van der Waals surface area contributed by atoms with Crippen LogP contribution in [0.5, 0.6) is 0 Å². The highest BCUT2D eigenvalue weighted by atomic mass is 16.5. The van der Waals surface area contributed by atoms with Gasteiger partial charge in [-0.2, -0.15) is 0 Å². The minimum atomic E-state index is -0.242. The molecule has 0 aliphatic heterocycles. The highest BCUT2D eigenvalue weighted by Crippen LogP contribution is 2.02. The molecule has 0 heterocycles. The largest absolute Gasteiger partial charge is 0.461 e. The van der Waals surface area contributed by atoms with Crippen molar-refractivity contribution in [3.05, 3.63) is 71.8 Å². The van der Waals surface area contributed by atoms with Crippen molar-refractivity contribution in [1.29, 1.82) is 0 Å². The fourth-order valence-electron chi connectivity index (χ4n) is 1.77. The summed E-state index contributed by atoms with van der Waals surface area (Å²) in [5.41, 5.74) is 2.05. The maximum atomic E-state index is 11.0. The third-order valence-corrected chi connectivity index (χ3v) is 2.98. The summed E-state index contributed by atoms with van der Waals surface area (Å²) in [5.74, 6) is -0.361. The first-order valence-electron chi connectivity index (χ1n) is 7.98. The van der Waals surface area contributed by atoms with Gasteiger partial charge in [0.15, 0.2) is 0 Å². The summed E-state index contributed by atoms with van der Waals surface area (Å²) in [7, 11) is 0. The molecule has 2 rings (SSSR count). The van der Waals surface area contributed by atoms with Crippen LogP contribution >= 0.6 is 0 Å². The van der Waals surface area contributed by atoms with Crippen molar-refractivity contribution >= 4 is 11.9 Å². The van der Waals surface area contributed by atoms with Crippen LogP contribution < -0.4 is 0 Å². The predicted octanol–water partition coefficient (Wildman–Crippen LogP) is 4.28. The van der Waals surface area contributed by atoms with Crippen molar-refractivity contribution in [1.82, 2.24) is 0 Å². The molecule has 0 bridgehead atoms. The molecule has 0 saturated carbocycles. The van der Waals surface area contributed by atoms with E-state index in [0.717, 1.165) is 17.5 Å². The van der Waals surface area contributed by atoms with Crippen LogP contribution in [0.25, 0.3) is 0 Å². The maximum Gasteiger partial charge on any atom is 0.306 e. The maximum absolute atomic E-state index is 11.0. The summed E-state index contributed by atoms with van der Waals surface area (Å²) in [4.78, 5) is 21.4. The van der Waals surface area contributed by atoms with Gasteiger partial charge >= 0.3 is 11.9 Å². The van der Waals surface area contributed by atoms with Crippen LogP contribution in [0, 0.1) is 0 Å². The Kier molecular flexibility index (Phi) is 9.62. The number of rotatable bonds is 6. The summed E-state index contributed by atoms with van der Waals surface area (Å²) in [6, 6.07) is 19.3. The van der Waals surface area contributed by atoms with E-state index in [1.165, 1.54) is 6.92 Å². The van der Waals surface area contributed by atoms with Crippen LogP contribution in [0.1, 0.15) is 37.8 Å². The molecular formula is C20H24O4. The Morgan fingerprint density at radius 2 is 1.25 bits per heavy atom. The number of benzene rings is 2. The Morgan fingerprint density at radius 3 is 1.67 bits per heavy atom. The van der Waals surface area contributed by atoms with Gasteiger partial charge in [-0.3, -0.25) is 9.59 Å². The SMILES string of the molecule is CC(=O)OCc1ccccc1.CCCC(=O)OCc1ccccc1. The minimum Gasteiger partial charge on any atom is -0.461 e. The van der Waals surface area contributed by atoms with Gasteiger partial charge in [0, 0.05) is 13.3 Å². The summed E-state index contributed by atoms with van der Waals surface area (Å²) < 4.78 is 9.82. The molecular weight excluding hydrogens is 304 g/mol. The van der Waals surface area contributed by atoms with Gasteiger partial charge in [-0.25, -0.2) is 0 Å². The summed E-state index contributed by atoms with van der Waals surface area (Å²) in [5, 5.41) is 0. The van der Waals surface area contributed by atoms with Crippen molar-refractivity contribution in [2.24, 2.45) is 0 Å².